The van der Waals surface area contributed by atoms with E-state index in [1.54, 1.807) is 0 Å². The normalized spacial score (nSPS) is 34.0. The van der Waals surface area contributed by atoms with Crippen molar-refractivity contribution in [3.63, 3.8) is 0 Å². The summed E-state index contributed by atoms with van der Waals surface area (Å²) in [5.41, 5.74) is 0.567. The average Bonchev–Trinajstić information content (AvgIpc) is 2.50. The molecule has 2 unspecified atom stereocenters. The van der Waals surface area contributed by atoms with E-state index in [4.69, 9.17) is 4.74 Å². The van der Waals surface area contributed by atoms with Crippen LogP contribution in [0, 0.1) is 17.3 Å². The number of rotatable bonds is 3. The van der Waals surface area contributed by atoms with E-state index in [2.05, 4.69) is 53.9 Å². The zero-order valence-electron chi connectivity index (χ0n) is 14.7. The second-order valence-corrected chi connectivity index (χ2v) is 9.09. The van der Waals surface area contributed by atoms with Crippen molar-refractivity contribution in [3.05, 3.63) is 0 Å². The Bertz CT molecular complexity index is 335. The minimum atomic E-state index is -0.00978. The minimum absolute atomic E-state index is 0.00978. The quantitative estimate of drug-likeness (QED) is 0.828. The Morgan fingerprint density at radius 1 is 1.00 bits per heavy atom. The molecule has 2 rings (SSSR count). The average molecular weight is 281 g/mol. The van der Waals surface area contributed by atoms with Crippen molar-refractivity contribution in [1.29, 1.82) is 0 Å². The third-order valence-corrected chi connectivity index (χ3v) is 5.80. The van der Waals surface area contributed by atoms with Gasteiger partial charge in [0.2, 0.25) is 0 Å². The van der Waals surface area contributed by atoms with Gasteiger partial charge < -0.3 is 10.1 Å². The van der Waals surface area contributed by atoms with Crippen LogP contribution in [0.3, 0.4) is 0 Å². The van der Waals surface area contributed by atoms with E-state index < -0.39 is 0 Å². The number of hydrogen-bond donors (Lipinski definition) is 1. The molecule has 2 nitrogen and oxygen atoms in total. The second-order valence-electron chi connectivity index (χ2n) is 9.09. The molecule has 118 valence electrons. The van der Waals surface area contributed by atoms with Crippen LogP contribution >= 0.6 is 0 Å². The first-order chi connectivity index (χ1) is 9.06. The Kier molecular flexibility index (Phi) is 4.30. The Morgan fingerprint density at radius 2 is 1.55 bits per heavy atom. The molecule has 1 aliphatic heterocycles. The van der Waals surface area contributed by atoms with E-state index in [1.807, 2.05) is 0 Å². The maximum Gasteiger partial charge on any atom is 0.0677 e. The van der Waals surface area contributed by atoms with Crippen molar-refractivity contribution in [3.8, 4) is 0 Å². The first-order valence-electron chi connectivity index (χ1n) is 8.44. The predicted molar refractivity (Wildman–Crippen MR) is 85.9 cm³/mol. The fourth-order valence-corrected chi connectivity index (χ4v) is 4.71. The molecular weight excluding hydrogens is 246 g/mol. The topological polar surface area (TPSA) is 21.3 Å². The molecule has 20 heavy (non-hydrogen) atoms. The Labute approximate surface area is 126 Å². The molecule has 0 radical (unpaired) electrons. The lowest BCUT2D eigenvalue weighted by atomic mass is 9.67. The van der Waals surface area contributed by atoms with Gasteiger partial charge in [0.05, 0.1) is 11.2 Å². The Balaban J connectivity index is 2.09. The fourth-order valence-electron chi connectivity index (χ4n) is 4.71. The first kappa shape index (κ1) is 16.3. The van der Waals surface area contributed by atoms with Gasteiger partial charge in [-0.2, -0.15) is 0 Å². The highest BCUT2D eigenvalue weighted by Gasteiger charge is 2.50. The van der Waals surface area contributed by atoms with Gasteiger partial charge in [0.15, 0.2) is 0 Å². The summed E-state index contributed by atoms with van der Waals surface area (Å²) < 4.78 is 6.32. The minimum Gasteiger partial charge on any atom is -0.369 e. The predicted octanol–water partition coefficient (Wildman–Crippen LogP) is 4.38. The number of hydrogen-bond acceptors (Lipinski definition) is 2. The van der Waals surface area contributed by atoms with Gasteiger partial charge >= 0.3 is 0 Å². The van der Waals surface area contributed by atoms with Gasteiger partial charge in [0, 0.05) is 12.0 Å². The summed E-state index contributed by atoms with van der Waals surface area (Å²) in [7, 11) is 2.14. The van der Waals surface area contributed by atoms with E-state index in [9.17, 15) is 0 Å². The van der Waals surface area contributed by atoms with E-state index >= 15 is 0 Å². The van der Waals surface area contributed by atoms with Gasteiger partial charge in [-0.3, -0.25) is 0 Å². The Hall–Kier alpha value is -0.0800. The molecule has 1 N–H and O–H groups in total. The largest absolute Gasteiger partial charge is 0.369 e. The summed E-state index contributed by atoms with van der Waals surface area (Å²) in [5.74, 6) is 1.43. The van der Waals surface area contributed by atoms with Crippen LogP contribution in [-0.2, 0) is 4.74 Å². The van der Waals surface area contributed by atoms with Crippen molar-refractivity contribution >= 4 is 0 Å². The summed E-state index contributed by atoms with van der Waals surface area (Å²) in [4.78, 5) is 0. The fraction of sp³-hybridized carbons (Fsp3) is 1.00. The van der Waals surface area contributed by atoms with Gasteiger partial charge in [-0.05, 0) is 78.2 Å². The van der Waals surface area contributed by atoms with Crippen LogP contribution in [0.2, 0.25) is 0 Å². The molecule has 0 bridgehead atoms. The van der Waals surface area contributed by atoms with Crippen LogP contribution in [0.4, 0.5) is 0 Å². The van der Waals surface area contributed by atoms with Crippen molar-refractivity contribution in [2.75, 3.05) is 7.05 Å². The van der Waals surface area contributed by atoms with Crippen molar-refractivity contribution in [1.82, 2.24) is 5.32 Å². The van der Waals surface area contributed by atoms with E-state index in [-0.39, 0.29) is 11.2 Å². The zero-order valence-corrected chi connectivity index (χ0v) is 14.7. The number of ether oxygens (including phenoxy) is 1. The summed E-state index contributed by atoms with van der Waals surface area (Å²) in [6.45, 7) is 13.9. The Morgan fingerprint density at radius 3 is 1.95 bits per heavy atom. The van der Waals surface area contributed by atoms with E-state index in [0.29, 0.717) is 17.4 Å². The molecule has 0 aromatic carbocycles. The molecule has 1 aliphatic carbocycles. The molecule has 1 saturated heterocycles. The second kappa shape index (κ2) is 5.28. The van der Waals surface area contributed by atoms with Crippen LogP contribution in [0.25, 0.3) is 0 Å². The molecule has 2 heteroatoms. The lowest BCUT2D eigenvalue weighted by Gasteiger charge is -2.42. The maximum atomic E-state index is 6.32. The molecule has 0 amide bonds. The standard InChI is InChI=1S/C18H35NO/c1-16(2)10-8-13(9-11-16)15(19-7)14-12-17(3,4)20-18(14,5)6/h13-15,19H,8-12H2,1-7H3. The van der Waals surface area contributed by atoms with Gasteiger partial charge in [0.1, 0.15) is 0 Å². The first-order valence-corrected chi connectivity index (χ1v) is 8.44. The third kappa shape index (κ3) is 3.39. The molecule has 0 spiro atoms. The molecule has 2 fully saturated rings. The summed E-state index contributed by atoms with van der Waals surface area (Å²) >= 11 is 0. The van der Waals surface area contributed by atoms with Crippen LogP contribution in [0.1, 0.15) is 73.6 Å². The maximum absolute atomic E-state index is 6.32. The molecule has 0 aromatic heterocycles. The summed E-state index contributed by atoms with van der Waals surface area (Å²) in [6, 6.07) is 0.600. The highest BCUT2D eigenvalue weighted by Crippen LogP contribution is 2.48. The van der Waals surface area contributed by atoms with Crippen LogP contribution < -0.4 is 5.32 Å². The van der Waals surface area contributed by atoms with Gasteiger partial charge in [0.25, 0.3) is 0 Å². The molecule has 0 aromatic rings. The summed E-state index contributed by atoms with van der Waals surface area (Å²) in [6.07, 6.45) is 6.64. The van der Waals surface area contributed by atoms with E-state index in [0.717, 1.165) is 5.92 Å². The summed E-state index contributed by atoms with van der Waals surface area (Å²) in [5, 5.41) is 3.65. The molecule has 2 atom stereocenters. The third-order valence-electron chi connectivity index (χ3n) is 5.80. The van der Waals surface area contributed by atoms with Crippen molar-refractivity contribution in [2.45, 2.75) is 90.9 Å². The lowest BCUT2D eigenvalue weighted by molar-refractivity contribution is -0.0803. The zero-order chi connectivity index (χ0) is 15.2. The van der Waals surface area contributed by atoms with Crippen molar-refractivity contribution < 1.29 is 4.74 Å². The molecular formula is C18H35NO. The monoisotopic (exact) mass is 281 g/mol. The van der Waals surface area contributed by atoms with Gasteiger partial charge in [-0.15, -0.1) is 0 Å². The smallest absolute Gasteiger partial charge is 0.0677 e. The lowest BCUT2D eigenvalue weighted by Crippen LogP contribution is -2.48. The highest BCUT2D eigenvalue weighted by molar-refractivity contribution is 5.01. The SMILES string of the molecule is CNC(C1CCC(C)(C)CC1)C1CC(C)(C)OC1(C)C. The highest BCUT2D eigenvalue weighted by atomic mass is 16.5. The molecule has 2 aliphatic rings. The van der Waals surface area contributed by atoms with Gasteiger partial charge in [-0.25, -0.2) is 0 Å². The van der Waals surface area contributed by atoms with Crippen LogP contribution in [0.5, 0.6) is 0 Å². The van der Waals surface area contributed by atoms with Crippen LogP contribution in [-0.4, -0.2) is 24.3 Å². The molecule has 1 saturated carbocycles. The molecule has 1 heterocycles. The number of nitrogens with one attached hydrogen (secondary N) is 1. The van der Waals surface area contributed by atoms with Crippen molar-refractivity contribution in [2.24, 2.45) is 17.3 Å². The van der Waals surface area contributed by atoms with E-state index in [1.165, 1.54) is 32.1 Å². The van der Waals surface area contributed by atoms with Crippen LogP contribution in [0.15, 0.2) is 0 Å². The van der Waals surface area contributed by atoms with Gasteiger partial charge in [-0.1, -0.05) is 13.8 Å².